The second-order valence-electron chi connectivity index (χ2n) is 6.35. The fraction of sp³-hybridized carbons (Fsp3) is 0.824. The van der Waals surface area contributed by atoms with Crippen molar-refractivity contribution in [2.45, 2.75) is 77.7 Å². The van der Waals surface area contributed by atoms with E-state index in [0.717, 1.165) is 11.8 Å². The lowest BCUT2D eigenvalue weighted by Crippen LogP contribution is -2.10. The minimum absolute atomic E-state index is 0.857. The Morgan fingerprint density at radius 1 is 1.21 bits per heavy atom. The Balaban J connectivity index is 1.69. The summed E-state index contributed by atoms with van der Waals surface area (Å²) in [5.74, 6) is 1.91. The molecule has 19 heavy (non-hydrogen) atoms. The van der Waals surface area contributed by atoms with Crippen molar-refractivity contribution in [1.82, 2.24) is 9.55 Å². The quantitative estimate of drug-likeness (QED) is 0.609. The average molecular weight is 262 g/mol. The van der Waals surface area contributed by atoms with Crippen LogP contribution in [0.1, 0.15) is 71.1 Å². The highest BCUT2D eigenvalue weighted by molar-refractivity contribution is 4.76. The zero-order valence-electron chi connectivity index (χ0n) is 12.6. The molecule has 2 rings (SSSR count). The molecule has 1 atom stereocenters. The maximum atomic E-state index is 4.16. The third-order valence-corrected chi connectivity index (χ3v) is 4.69. The zero-order chi connectivity index (χ0) is 13.3. The number of nitrogens with zero attached hydrogens (tertiary/aromatic N) is 2. The smallest absolute Gasteiger partial charge is 0.0945 e. The van der Waals surface area contributed by atoms with Gasteiger partial charge < -0.3 is 4.57 Å². The molecule has 0 spiro atoms. The molecule has 2 heteroatoms. The Kier molecular flexibility index (Phi) is 6.46. The van der Waals surface area contributed by atoms with Crippen molar-refractivity contribution < 1.29 is 0 Å². The molecule has 0 amide bonds. The van der Waals surface area contributed by atoms with Gasteiger partial charge in [-0.25, -0.2) is 4.98 Å². The van der Waals surface area contributed by atoms with Crippen LogP contribution in [0, 0.1) is 11.8 Å². The Labute approximate surface area is 118 Å². The number of unbranched alkanes of at least 4 members (excludes halogenated alkanes) is 1. The molecule has 1 aliphatic carbocycles. The zero-order valence-corrected chi connectivity index (χ0v) is 12.6. The first-order chi connectivity index (χ1) is 9.38. The van der Waals surface area contributed by atoms with Crippen LogP contribution in [0.2, 0.25) is 0 Å². The van der Waals surface area contributed by atoms with E-state index in [-0.39, 0.29) is 0 Å². The normalized spacial score (nSPS) is 17.9. The first-order valence-electron chi connectivity index (χ1n) is 8.34. The summed E-state index contributed by atoms with van der Waals surface area (Å²) in [6, 6.07) is 0. The standard InChI is InChI=1S/C17H30N2/c1-2-3-7-17(14-19-13-12-18-15-19)11-6-10-16-8-4-5-9-16/h12-13,15-17H,2-11,14H2,1H3. The van der Waals surface area contributed by atoms with Crippen LogP contribution in [0.15, 0.2) is 18.7 Å². The Hall–Kier alpha value is -0.790. The molecule has 1 heterocycles. The number of rotatable bonds is 9. The maximum Gasteiger partial charge on any atom is 0.0945 e. The molecule has 1 aromatic rings. The van der Waals surface area contributed by atoms with Crippen molar-refractivity contribution >= 4 is 0 Å². The highest BCUT2D eigenvalue weighted by Crippen LogP contribution is 2.30. The van der Waals surface area contributed by atoms with Crippen LogP contribution in [0.4, 0.5) is 0 Å². The number of hydrogen-bond donors (Lipinski definition) is 0. The molecule has 1 aliphatic rings. The van der Waals surface area contributed by atoms with Crippen LogP contribution in [0.25, 0.3) is 0 Å². The summed E-state index contributed by atoms with van der Waals surface area (Å²) in [4.78, 5) is 4.16. The van der Waals surface area contributed by atoms with E-state index < -0.39 is 0 Å². The minimum Gasteiger partial charge on any atom is -0.337 e. The van der Waals surface area contributed by atoms with E-state index in [1.807, 2.05) is 12.5 Å². The van der Waals surface area contributed by atoms with Gasteiger partial charge >= 0.3 is 0 Å². The maximum absolute atomic E-state index is 4.16. The third kappa shape index (κ3) is 5.38. The molecule has 1 aromatic heterocycles. The SMILES string of the molecule is CCCCC(CCCC1CCCC1)Cn1ccnc1. The highest BCUT2D eigenvalue weighted by Gasteiger charge is 2.16. The van der Waals surface area contributed by atoms with Gasteiger partial charge in [-0.05, 0) is 24.7 Å². The molecular weight excluding hydrogens is 232 g/mol. The molecule has 1 unspecified atom stereocenters. The largest absolute Gasteiger partial charge is 0.337 e. The topological polar surface area (TPSA) is 17.8 Å². The Morgan fingerprint density at radius 2 is 2.00 bits per heavy atom. The summed E-state index contributed by atoms with van der Waals surface area (Å²) in [5.41, 5.74) is 0. The van der Waals surface area contributed by atoms with Crippen molar-refractivity contribution in [3.8, 4) is 0 Å². The van der Waals surface area contributed by atoms with Gasteiger partial charge in [-0.15, -0.1) is 0 Å². The van der Waals surface area contributed by atoms with Gasteiger partial charge in [0, 0.05) is 18.9 Å². The van der Waals surface area contributed by atoms with Gasteiger partial charge in [-0.1, -0.05) is 58.3 Å². The molecule has 0 N–H and O–H groups in total. The Bertz CT molecular complexity index is 312. The van der Waals surface area contributed by atoms with Crippen molar-refractivity contribution in [1.29, 1.82) is 0 Å². The van der Waals surface area contributed by atoms with Crippen molar-refractivity contribution in [3.63, 3.8) is 0 Å². The van der Waals surface area contributed by atoms with Crippen LogP contribution in [-0.2, 0) is 6.54 Å². The van der Waals surface area contributed by atoms with Gasteiger partial charge in [-0.3, -0.25) is 0 Å². The molecule has 1 fully saturated rings. The molecule has 0 aromatic carbocycles. The van der Waals surface area contributed by atoms with E-state index in [0.29, 0.717) is 0 Å². The molecule has 2 nitrogen and oxygen atoms in total. The number of hydrogen-bond acceptors (Lipinski definition) is 1. The first kappa shape index (κ1) is 14.6. The van der Waals surface area contributed by atoms with Gasteiger partial charge in [0.25, 0.3) is 0 Å². The third-order valence-electron chi connectivity index (χ3n) is 4.69. The summed E-state index contributed by atoms with van der Waals surface area (Å²) in [6.45, 7) is 3.47. The summed E-state index contributed by atoms with van der Waals surface area (Å²) >= 11 is 0. The number of aromatic nitrogens is 2. The molecule has 0 radical (unpaired) electrons. The molecule has 1 saturated carbocycles. The lowest BCUT2D eigenvalue weighted by Gasteiger charge is -2.18. The number of imidazole rings is 1. The van der Waals surface area contributed by atoms with Gasteiger partial charge in [0.2, 0.25) is 0 Å². The van der Waals surface area contributed by atoms with E-state index in [9.17, 15) is 0 Å². The lowest BCUT2D eigenvalue weighted by atomic mass is 9.92. The molecular formula is C17H30N2. The van der Waals surface area contributed by atoms with E-state index in [2.05, 4.69) is 22.7 Å². The van der Waals surface area contributed by atoms with E-state index in [1.54, 1.807) is 0 Å². The van der Waals surface area contributed by atoms with Crippen molar-refractivity contribution in [2.75, 3.05) is 0 Å². The van der Waals surface area contributed by atoms with Crippen molar-refractivity contribution in [2.24, 2.45) is 11.8 Å². The van der Waals surface area contributed by atoms with E-state index >= 15 is 0 Å². The van der Waals surface area contributed by atoms with Crippen LogP contribution >= 0.6 is 0 Å². The molecule has 0 aliphatic heterocycles. The second-order valence-corrected chi connectivity index (χ2v) is 6.35. The highest BCUT2D eigenvalue weighted by atomic mass is 15.0. The fourth-order valence-electron chi connectivity index (χ4n) is 3.51. The van der Waals surface area contributed by atoms with Crippen LogP contribution < -0.4 is 0 Å². The van der Waals surface area contributed by atoms with Gasteiger partial charge in [0.15, 0.2) is 0 Å². The van der Waals surface area contributed by atoms with Gasteiger partial charge in [0.1, 0.15) is 0 Å². The van der Waals surface area contributed by atoms with Gasteiger partial charge in [-0.2, -0.15) is 0 Å². The lowest BCUT2D eigenvalue weighted by molar-refractivity contribution is 0.347. The predicted molar refractivity (Wildman–Crippen MR) is 81.1 cm³/mol. The van der Waals surface area contributed by atoms with E-state index in [4.69, 9.17) is 0 Å². The summed E-state index contributed by atoms with van der Waals surface area (Å²) in [7, 11) is 0. The van der Waals surface area contributed by atoms with Crippen LogP contribution in [0.3, 0.4) is 0 Å². The predicted octanol–water partition coefficient (Wildman–Crippen LogP) is 5.05. The molecule has 0 bridgehead atoms. The van der Waals surface area contributed by atoms with Crippen LogP contribution in [0.5, 0.6) is 0 Å². The van der Waals surface area contributed by atoms with Gasteiger partial charge in [0.05, 0.1) is 6.33 Å². The van der Waals surface area contributed by atoms with Crippen molar-refractivity contribution in [3.05, 3.63) is 18.7 Å². The Morgan fingerprint density at radius 3 is 2.68 bits per heavy atom. The molecule has 0 saturated heterocycles. The van der Waals surface area contributed by atoms with Crippen LogP contribution in [-0.4, -0.2) is 9.55 Å². The summed E-state index contributed by atoms with van der Waals surface area (Å²) in [6.07, 6.45) is 20.4. The summed E-state index contributed by atoms with van der Waals surface area (Å²) < 4.78 is 2.26. The summed E-state index contributed by atoms with van der Waals surface area (Å²) in [5, 5.41) is 0. The minimum atomic E-state index is 0.857. The first-order valence-corrected chi connectivity index (χ1v) is 8.34. The second kappa shape index (κ2) is 8.39. The van der Waals surface area contributed by atoms with E-state index in [1.165, 1.54) is 70.8 Å². The average Bonchev–Trinajstić information content (AvgIpc) is 3.08. The monoisotopic (exact) mass is 262 g/mol. The fourth-order valence-corrected chi connectivity index (χ4v) is 3.51. The molecule has 108 valence electrons.